The summed E-state index contributed by atoms with van der Waals surface area (Å²) in [5, 5.41) is 0. The lowest BCUT2D eigenvalue weighted by Gasteiger charge is -1.99. The molecule has 0 bridgehead atoms. The van der Waals surface area contributed by atoms with Crippen molar-refractivity contribution >= 4 is 5.69 Å². The van der Waals surface area contributed by atoms with E-state index >= 15 is 0 Å². The number of rotatable bonds is 4. The Balaban J connectivity index is 2.22. The van der Waals surface area contributed by atoms with Gasteiger partial charge in [0.2, 0.25) is 6.33 Å². The molecule has 0 aliphatic carbocycles. The van der Waals surface area contributed by atoms with Crippen molar-refractivity contribution in [3.8, 4) is 5.69 Å². The van der Waals surface area contributed by atoms with E-state index in [0.717, 1.165) is 17.9 Å². The van der Waals surface area contributed by atoms with Crippen molar-refractivity contribution in [1.29, 1.82) is 0 Å². The maximum absolute atomic E-state index is 5.93. The first-order valence-corrected chi connectivity index (χ1v) is 5.73. The van der Waals surface area contributed by atoms with E-state index in [2.05, 4.69) is 28.6 Å². The van der Waals surface area contributed by atoms with Gasteiger partial charge in [-0.2, -0.15) is 0 Å². The molecule has 1 aromatic carbocycles. The van der Waals surface area contributed by atoms with Crippen molar-refractivity contribution in [2.45, 2.75) is 26.3 Å². The molecule has 0 radical (unpaired) electrons. The first kappa shape index (κ1) is 10.7. The minimum absolute atomic E-state index is 0.806. The van der Waals surface area contributed by atoms with Crippen LogP contribution in [0, 0.1) is 0 Å². The number of hydrogen-bond acceptors (Lipinski definition) is 1. The molecule has 3 nitrogen and oxygen atoms in total. The Hall–Kier alpha value is -1.77. The van der Waals surface area contributed by atoms with Crippen LogP contribution in [-0.2, 0) is 6.54 Å². The Morgan fingerprint density at radius 1 is 1.31 bits per heavy atom. The molecular weight excluding hydrogens is 198 g/mol. The zero-order valence-electron chi connectivity index (χ0n) is 9.63. The van der Waals surface area contributed by atoms with Crippen molar-refractivity contribution in [2.75, 3.05) is 5.73 Å². The number of nitrogen functional groups attached to an aromatic ring is 1. The van der Waals surface area contributed by atoms with Gasteiger partial charge in [0.1, 0.15) is 12.4 Å². The Morgan fingerprint density at radius 2 is 2.12 bits per heavy atom. The van der Waals surface area contributed by atoms with Gasteiger partial charge in [-0.05, 0) is 18.6 Å². The molecule has 0 spiro atoms. The second kappa shape index (κ2) is 4.84. The number of hydrogen-bond donors (Lipinski definition) is 1. The fourth-order valence-corrected chi connectivity index (χ4v) is 1.73. The highest BCUT2D eigenvalue weighted by Gasteiger charge is 2.08. The van der Waals surface area contributed by atoms with Gasteiger partial charge in [-0.3, -0.25) is 0 Å². The summed E-state index contributed by atoms with van der Waals surface area (Å²) in [6, 6.07) is 7.90. The number of nitrogens with two attached hydrogens (primary N) is 1. The summed E-state index contributed by atoms with van der Waals surface area (Å²) < 4.78 is 4.25. The molecular formula is C13H18N3+. The highest BCUT2D eigenvalue weighted by molar-refractivity contribution is 5.57. The number of nitrogens with zero attached hydrogens (tertiary/aromatic N) is 2. The predicted molar refractivity (Wildman–Crippen MR) is 65.3 cm³/mol. The number of aromatic nitrogens is 2. The summed E-state index contributed by atoms with van der Waals surface area (Å²) in [6.07, 6.45) is 8.63. The van der Waals surface area contributed by atoms with E-state index in [9.17, 15) is 0 Å². The summed E-state index contributed by atoms with van der Waals surface area (Å²) in [5.74, 6) is 0. The van der Waals surface area contributed by atoms with Gasteiger partial charge in [0.15, 0.2) is 5.69 Å². The number of benzene rings is 1. The lowest BCUT2D eigenvalue weighted by molar-refractivity contribution is -0.696. The van der Waals surface area contributed by atoms with E-state index in [-0.39, 0.29) is 0 Å². The molecule has 0 saturated carbocycles. The highest BCUT2D eigenvalue weighted by atomic mass is 15.1. The number of aryl methyl sites for hydroxylation is 1. The largest absolute Gasteiger partial charge is 0.395 e. The third-order valence-corrected chi connectivity index (χ3v) is 2.68. The zero-order valence-corrected chi connectivity index (χ0v) is 9.63. The topological polar surface area (TPSA) is 34.8 Å². The van der Waals surface area contributed by atoms with Crippen molar-refractivity contribution < 1.29 is 4.57 Å². The fraction of sp³-hybridized carbons (Fsp3) is 0.308. The van der Waals surface area contributed by atoms with E-state index in [1.165, 1.54) is 12.8 Å². The lowest BCUT2D eigenvalue weighted by Crippen LogP contribution is -2.30. The van der Waals surface area contributed by atoms with Crippen LogP contribution in [0.15, 0.2) is 43.0 Å². The van der Waals surface area contributed by atoms with Crippen LogP contribution in [0.25, 0.3) is 5.69 Å². The molecule has 0 amide bonds. The van der Waals surface area contributed by atoms with Gasteiger partial charge in [-0.1, -0.05) is 25.5 Å². The minimum Gasteiger partial charge on any atom is -0.395 e. The molecule has 0 fully saturated rings. The van der Waals surface area contributed by atoms with E-state index < -0.39 is 0 Å². The summed E-state index contributed by atoms with van der Waals surface area (Å²) in [5.41, 5.74) is 7.78. The monoisotopic (exact) mass is 216 g/mol. The second-order valence-electron chi connectivity index (χ2n) is 3.97. The Labute approximate surface area is 96.1 Å². The lowest BCUT2D eigenvalue weighted by atomic mass is 10.3. The third-order valence-electron chi connectivity index (χ3n) is 2.68. The number of unbranched alkanes of at least 4 members (excludes halogenated alkanes) is 1. The summed E-state index contributed by atoms with van der Waals surface area (Å²) in [4.78, 5) is 0. The maximum atomic E-state index is 5.93. The van der Waals surface area contributed by atoms with Crippen molar-refractivity contribution in [3.05, 3.63) is 43.0 Å². The fourth-order valence-electron chi connectivity index (χ4n) is 1.73. The average Bonchev–Trinajstić information content (AvgIpc) is 2.75. The van der Waals surface area contributed by atoms with Crippen LogP contribution < -0.4 is 10.3 Å². The molecule has 2 rings (SSSR count). The van der Waals surface area contributed by atoms with Crippen LogP contribution in [0.3, 0.4) is 0 Å². The van der Waals surface area contributed by atoms with Crippen molar-refractivity contribution in [2.24, 2.45) is 0 Å². The summed E-state index contributed by atoms with van der Waals surface area (Å²) in [7, 11) is 0. The van der Waals surface area contributed by atoms with Crippen LogP contribution in [0.4, 0.5) is 5.69 Å². The van der Waals surface area contributed by atoms with E-state index in [4.69, 9.17) is 5.73 Å². The van der Waals surface area contributed by atoms with Gasteiger partial charge < -0.3 is 5.73 Å². The van der Waals surface area contributed by atoms with Gasteiger partial charge in [-0.25, -0.2) is 9.13 Å². The molecule has 16 heavy (non-hydrogen) atoms. The second-order valence-corrected chi connectivity index (χ2v) is 3.97. The molecule has 1 heterocycles. The van der Waals surface area contributed by atoms with Gasteiger partial charge >= 0.3 is 0 Å². The average molecular weight is 216 g/mol. The first-order valence-electron chi connectivity index (χ1n) is 5.73. The molecule has 0 unspecified atom stereocenters. The van der Waals surface area contributed by atoms with Crippen molar-refractivity contribution in [3.63, 3.8) is 0 Å². The Kier molecular flexibility index (Phi) is 3.25. The van der Waals surface area contributed by atoms with Crippen LogP contribution in [0.5, 0.6) is 0 Å². The van der Waals surface area contributed by atoms with Gasteiger partial charge in [0, 0.05) is 0 Å². The molecule has 0 atom stereocenters. The van der Waals surface area contributed by atoms with Crippen molar-refractivity contribution in [1.82, 2.24) is 4.57 Å². The molecule has 0 aliphatic rings. The van der Waals surface area contributed by atoms with E-state index in [1.54, 1.807) is 0 Å². The molecule has 1 aromatic heterocycles. The van der Waals surface area contributed by atoms with Crippen LogP contribution >= 0.6 is 0 Å². The van der Waals surface area contributed by atoms with E-state index in [0.29, 0.717) is 0 Å². The SMILES string of the molecule is CCCC[n+]1ccn(-c2ccccc2N)c1. The zero-order chi connectivity index (χ0) is 11.4. The standard InChI is InChI=1S/C13H18N3/c1-2-3-8-15-9-10-16(11-15)13-7-5-4-6-12(13)14/h4-7,9-11H,2-3,8,14H2,1H3/q+1. The number of imidazole rings is 1. The highest BCUT2D eigenvalue weighted by Crippen LogP contribution is 2.14. The molecule has 0 saturated heterocycles. The number of anilines is 1. The number of para-hydroxylation sites is 2. The quantitative estimate of drug-likeness (QED) is 0.617. The van der Waals surface area contributed by atoms with Gasteiger partial charge in [-0.15, -0.1) is 0 Å². The summed E-state index contributed by atoms with van der Waals surface area (Å²) in [6.45, 7) is 3.27. The predicted octanol–water partition coefficient (Wildman–Crippen LogP) is 2.15. The Morgan fingerprint density at radius 3 is 2.88 bits per heavy atom. The van der Waals surface area contributed by atoms with Gasteiger partial charge in [0.05, 0.1) is 12.2 Å². The smallest absolute Gasteiger partial charge is 0.249 e. The first-order chi connectivity index (χ1) is 7.81. The summed E-state index contributed by atoms with van der Waals surface area (Å²) >= 11 is 0. The third kappa shape index (κ3) is 2.24. The molecule has 84 valence electrons. The van der Waals surface area contributed by atoms with E-state index in [1.807, 2.05) is 30.5 Å². The molecule has 3 heteroatoms. The van der Waals surface area contributed by atoms with Crippen LogP contribution in [0.2, 0.25) is 0 Å². The van der Waals surface area contributed by atoms with Crippen LogP contribution in [0.1, 0.15) is 19.8 Å². The van der Waals surface area contributed by atoms with Crippen LogP contribution in [-0.4, -0.2) is 4.57 Å². The molecule has 2 aromatic rings. The van der Waals surface area contributed by atoms with Gasteiger partial charge in [0.25, 0.3) is 0 Å². The normalized spacial score (nSPS) is 10.6. The Bertz CT molecular complexity index is 460. The molecule has 2 N–H and O–H groups in total. The molecule has 0 aliphatic heterocycles. The maximum Gasteiger partial charge on any atom is 0.249 e. The minimum atomic E-state index is 0.806.